The Bertz CT molecular complexity index is 560. The molecule has 0 bridgehead atoms. The largest absolute Gasteiger partial charge is 0.376 e. The fraction of sp³-hybridized carbons (Fsp3) is 0.462. The molecule has 0 spiro atoms. The van der Waals surface area contributed by atoms with Gasteiger partial charge >= 0.3 is 0 Å². The Balaban J connectivity index is 1.74. The summed E-state index contributed by atoms with van der Waals surface area (Å²) in [6, 6.07) is 5.78. The summed E-state index contributed by atoms with van der Waals surface area (Å²) >= 11 is 7.61. The maximum absolute atomic E-state index is 5.97. The van der Waals surface area contributed by atoms with Gasteiger partial charge in [-0.15, -0.1) is 0 Å². The number of nitrogens with zero attached hydrogens (tertiary/aromatic N) is 1. The van der Waals surface area contributed by atoms with Crippen molar-refractivity contribution in [1.29, 1.82) is 0 Å². The first-order chi connectivity index (χ1) is 8.71. The standard InChI is InChI=1S/C13H15ClN2OS/c1-17-13(5-2-6-13)8-15-12-16-10-4-3-9(14)7-11(10)18-12/h3-4,7H,2,5-6,8H2,1H3,(H,15,16). The first-order valence-electron chi connectivity index (χ1n) is 6.06. The molecule has 1 N–H and O–H groups in total. The number of halogens is 1. The van der Waals surface area contributed by atoms with Crippen LogP contribution in [0.1, 0.15) is 19.3 Å². The molecular formula is C13H15ClN2OS. The van der Waals surface area contributed by atoms with Crippen molar-refractivity contribution in [2.24, 2.45) is 0 Å². The molecule has 2 aromatic rings. The number of aromatic nitrogens is 1. The van der Waals surface area contributed by atoms with Gasteiger partial charge in [-0.3, -0.25) is 0 Å². The molecule has 0 unspecified atom stereocenters. The Morgan fingerprint density at radius 1 is 1.50 bits per heavy atom. The molecule has 1 aromatic carbocycles. The van der Waals surface area contributed by atoms with Crippen molar-refractivity contribution in [3.8, 4) is 0 Å². The molecule has 3 nitrogen and oxygen atoms in total. The van der Waals surface area contributed by atoms with E-state index in [1.54, 1.807) is 18.4 Å². The maximum atomic E-state index is 5.97. The lowest BCUT2D eigenvalue weighted by molar-refractivity contribution is -0.0601. The van der Waals surface area contributed by atoms with E-state index in [2.05, 4.69) is 10.3 Å². The molecule has 1 heterocycles. The molecule has 96 valence electrons. The van der Waals surface area contributed by atoms with E-state index in [-0.39, 0.29) is 5.60 Å². The molecule has 0 amide bonds. The summed E-state index contributed by atoms with van der Waals surface area (Å²) in [5.41, 5.74) is 1.02. The number of hydrogen-bond acceptors (Lipinski definition) is 4. The second-order valence-electron chi connectivity index (χ2n) is 4.73. The fourth-order valence-corrected chi connectivity index (χ4v) is 3.37. The predicted molar refractivity (Wildman–Crippen MR) is 76.7 cm³/mol. The van der Waals surface area contributed by atoms with Gasteiger partial charge in [0.25, 0.3) is 0 Å². The zero-order valence-electron chi connectivity index (χ0n) is 10.2. The van der Waals surface area contributed by atoms with Crippen LogP contribution >= 0.6 is 22.9 Å². The van der Waals surface area contributed by atoms with Crippen molar-refractivity contribution in [3.63, 3.8) is 0 Å². The van der Waals surface area contributed by atoms with Crippen molar-refractivity contribution in [2.75, 3.05) is 19.0 Å². The Morgan fingerprint density at radius 3 is 3.00 bits per heavy atom. The van der Waals surface area contributed by atoms with E-state index in [1.165, 1.54) is 6.42 Å². The van der Waals surface area contributed by atoms with Crippen molar-refractivity contribution < 1.29 is 4.74 Å². The summed E-state index contributed by atoms with van der Waals surface area (Å²) in [5, 5.41) is 5.08. The highest BCUT2D eigenvalue weighted by Crippen LogP contribution is 2.36. The molecule has 0 saturated heterocycles. The zero-order valence-corrected chi connectivity index (χ0v) is 11.8. The Hall–Kier alpha value is -0.840. The SMILES string of the molecule is COC1(CNc2nc3ccc(Cl)cc3s2)CCC1. The Kier molecular flexibility index (Phi) is 3.18. The lowest BCUT2D eigenvalue weighted by Crippen LogP contribution is -2.45. The van der Waals surface area contributed by atoms with Crippen LogP contribution in [-0.4, -0.2) is 24.2 Å². The smallest absolute Gasteiger partial charge is 0.183 e. The number of fused-ring (bicyclic) bond motifs is 1. The minimum atomic E-state index is 0.0233. The lowest BCUT2D eigenvalue weighted by Gasteiger charge is -2.40. The van der Waals surface area contributed by atoms with E-state index in [1.807, 2.05) is 18.2 Å². The van der Waals surface area contributed by atoms with Crippen LogP contribution in [0.5, 0.6) is 0 Å². The van der Waals surface area contributed by atoms with Gasteiger partial charge in [-0.25, -0.2) is 4.98 Å². The summed E-state index contributed by atoms with van der Waals surface area (Å²) in [7, 11) is 1.79. The molecule has 1 aliphatic rings. The molecule has 0 atom stereocenters. The molecule has 5 heteroatoms. The third kappa shape index (κ3) is 2.20. The molecule has 1 aliphatic carbocycles. The Labute approximate surface area is 115 Å². The number of rotatable bonds is 4. The van der Waals surface area contributed by atoms with Gasteiger partial charge in [0.1, 0.15) is 0 Å². The molecule has 3 rings (SSSR count). The second-order valence-corrected chi connectivity index (χ2v) is 6.19. The lowest BCUT2D eigenvalue weighted by atomic mass is 9.80. The van der Waals surface area contributed by atoms with Gasteiger partial charge in [-0.2, -0.15) is 0 Å². The average molecular weight is 283 g/mol. The van der Waals surface area contributed by atoms with Crippen LogP contribution in [0.4, 0.5) is 5.13 Å². The van der Waals surface area contributed by atoms with Gasteiger partial charge in [0.2, 0.25) is 0 Å². The van der Waals surface area contributed by atoms with E-state index in [9.17, 15) is 0 Å². The Morgan fingerprint density at radius 2 is 2.33 bits per heavy atom. The van der Waals surface area contributed by atoms with Gasteiger partial charge < -0.3 is 10.1 Å². The second kappa shape index (κ2) is 4.68. The highest BCUT2D eigenvalue weighted by atomic mass is 35.5. The van der Waals surface area contributed by atoms with Gasteiger partial charge in [0.05, 0.1) is 15.8 Å². The van der Waals surface area contributed by atoms with Crippen LogP contribution in [0, 0.1) is 0 Å². The summed E-state index contributed by atoms with van der Waals surface area (Å²) in [6.45, 7) is 0.830. The van der Waals surface area contributed by atoms with Crippen LogP contribution in [-0.2, 0) is 4.74 Å². The van der Waals surface area contributed by atoms with Crippen molar-refractivity contribution in [1.82, 2.24) is 4.98 Å². The fourth-order valence-electron chi connectivity index (χ4n) is 2.23. The van der Waals surface area contributed by atoms with Crippen LogP contribution in [0.2, 0.25) is 5.02 Å². The molecule has 18 heavy (non-hydrogen) atoms. The third-order valence-corrected chi connectivity index (χ3v) is 4.82. The number of thiazole rings is 1. The van der Waals surface area contributed by atoms with Crippen LogP contribution < -0.4 is 5.32 Å². The molecule has 0 radical (unpaired) electrons. The molecule has 1 aromatic heterocycles. The number of methoxy groups -OCH3 is 1. The van der Waals surface area contributed by atoms with Crippen LogP contribution in [0.25, 0.3) is 10.2 Å². The van der Waals surface area contributed by atoms with Gasteiger partial charge in [-0.05, 0) is 37.5 Å². The molecule has 0 aliphatic heterocycles. The summed E-state index contributed by atoms with van der Waals surface area (Å²) in [4.78, 5) is 4.54. The number of hydrogen-bond donors (Lipinski definition) is 1. The minimum Gasteiger partial charge on any atom is -0.376 e. The quantitative estimate of drug-likeness (QED) is 0.922. The summed E-state index contributed by atoms with van der Waals surface area (Å²) in [5.74, 6) is 0. The van der Waals surface area contributed by atoms with E-state index in [4.69, 9.17) is 16.3 Å². The van der Waals surface area contributed by atoms with Crippen molar-refractivity contribution in [3.05, 3.63) is 23.2 Å². The molecular weight excluding hydrogens is 268 g/mol. The monoisotopic (exact) mass is 282 g/mol. The summed E-state index contributed by atoms with van der Waals surface area (Å²) in [6.07, 6.45) is 3.52. The van der Waals surface area contributed by atoms with Crippen LogP contribution in [0.3, 0.4) is 0 Å². The third-order valence-electron chi connectivity index (χ3n) is 3.61. The average Bonchev–Trinajstić information content (AvgIpc) is 2.70. The van der Waals surface area contributed by atoms with Gasteiger partial charge in [0.15, 0.2) is 5.13 Å². The van der Waals surface area contributed by atoms with Crippen LogP contribution in [0.15, 0.2) is 18.2 Å². The minimum absolute atomic E-state index is 0.0233. The van der Waals surface area contributed by atoms with Crippen molar-refractivity contribution >= 4 is 38.3 Å². The van der Waals surface area contributed by atoms with Crippen molar-refractivity contribution in [2.45, 2.75) is 24.9 Å². The molecule has 1 saturated carbocycles. The highest BCUT2D eigenvalue weighted by molar-refractivity contribution is 7.22. The number of nitrogens with one attached hydrogen (secondary N) is 1. The van der Waals surface area contributed by atoms with E-state index in [0.717, 1.165) is 39.8 Å². The predicted octanol–water partition coefficient (Wildman–Crippen LogP) is 3.93. The highest BCUT2D eigenvalue weighted by Gasteiger charge is 2.36. The zero-order chi connectivity index (χ0) is 12.6. The van der Waals surface area contributed by atoms with Gasteiger partial charge in [0, 0.05) is 18.7 Å². The van der Waals surface area contributed by atoms with E-state index >= 15 is 0 Å². The first-order valence-corrected chi connectivity index (χ1v) is 7.25. The summed E-state index contributed by atoms with van der Waals surface area (Å²) < 4.78 is 6.70. The number of anilines is 1. The first kappa shape index (κ1) is 12.2. The van der Waals surface area contributed by atoms with Gasteiger partial charge in [-0.1, -0.05) is 22.9 Å². The van der Waals surface area contributed by atoms with E-state index in [0.29, 0.717) is 0 Å². The maximum Gasteiger partial charge on any atom is 0.183 e. The normalized spacial score (nSPS) is 17.7. The van der Waals surface area contributed by atoms with E-state index < -0.39 is 0 Å². The molecule has 1 fully saturated rings. The number of benzene rings is 1. The topological polar surface area (TPSA) is 34.1 Å². The number of ether oxygens (including phenoxy) is 1.